The largest absolute Gasteiger partial charge is 0.461 e. The Labute approximate surface area is 155 Å². The average Bonchev–Trinajstić information content (AvgIpc) is 2.41. The van der Waals surface area contributed by atoms with Gasteiger partial charge in [-0.05, 0) is 20.8 Å². The first kappa shape index (κ1) is 18.8. The topological polar surface area (TPSA) is 72.9 Å². The molecule has 9 heteroatoms. The smallest absolute Gasteiger partial charge is 0.355 e. The molecule has 1 amide bonds. The van der Waals surface area contributed by atoms with Crippen LogP contribution in [0.5, 0.6) is 0 Å². The molecule has 0 aromatic carbocycles. The molecule has 0 bridgehead atoms. The number of ether oxygens (including phenoxy) is 2. The highest BCUT2D eigenvalue weighted by atomic mass is 79.9. The Morgan fingerprint density at radius 2 is 2.00 bits per heavy atom. The third-order valence-electron chi connectivity index (χ3n) is 3.08. The zero-order valence-corrected chi connectivity index (χ0v) is 17.1. The van der Waals surface area contributed by atoms with Crippen LogP contribution in [0.2, 0.25) is 0 Å². The highest BCUT2D eigenvalue weighted by molar-refractivity contribution is 9.26. The van der Waals surface area contributed by atoms with Gasteiger partial charge < -0.3 is 9.47 Å². The molecule has 1 atom stereocenters. The minimum absolute atomic E-state index is 0.0367. The van der Waals surface area contributed by atoms with E-state index in [0.717, 1.165) is 0 Å². The molecule has 0 aliphatic carbocycles. The van der Waals surface area contributed by atoms with E-state index in [1.807, 2.05) is 0 Å². The van der Waals surface area contributed by atoms with Crippen molar-refractivity contribution >= 4 is 61.5 Å². The van der Waals surface area contributed by atoms with E-state index >= 15 is 0 Å². The zero-order valence-electron chi connectivity index (χ0n) is 13.1. The Morgan fingerprint density at radius 3 is 2.52 bits per heavy atom. The van der Waals surface area contributed by atoms with E-state index in [9.17, 15) is 14.4 Å². The van der Waals surface area contributed by atoms with Gasteiger partial charge >= 0.3 is 11.9 Å². The van der Waals surface area contributed by atoms with Gasteiger partial charge in [-0.25, -0.2) is 4.79 Å². The summed E-state index contributed by atoms with van der Waals surface area (Å²) in [7, 11) is 0. The summed E-state index contributed by atoms with van der Waals surface area (Å²) in [6.07, 6.45) is 0. The fourth-order valence-corrected chi connectivity index (χ4v) is 4.98. The maximum absolute atomic E-state index is 12.6. The lowest BCUT2D eigenvalue weighted by Gasteiger charge is -2.52. The van der Waals surface area contributed by atoms with Crippen LogP contribution in [0.4, 0.5) is 0 Å². The molecule has 0 saturated carbocycles. The number of nitrogens with zero attached hydrogens (tertiary/aromatic N) is 1. The molecular formula is C14H17Br2NO5S. The fraction of sp³-hybridized carbons (Fsp3) is 0.643. The fourth-order valence-electron chi connectivity index (χ4n) is 2.15. The van der Waals surface area contributed by atoms with Crippen molar-refractivity contribution in [3.8, 4) is 0 Å². The maximum Gasteiger partial charge on any atom is 0.355 e. The monoisotopic (exact) mass is 469 g/mol. The van der Waals surface area contributed by atoms with Gasteiger partial charge in [0, 0.05) is 18.2 Å². The number of esters is 2. The van der Waals surface area contributed by atoms with Gasteiger partial charge in [-0.3, -0.25) is 14.5 Å². The van der Waals surface area contributed by atoms with Crippen LogP contribution < -0.4 is 0 Å². The molecule has 2 rings (SSSR count). The summed E-state index contributed by atoms with van der Waals surface area (Å²) in [6, 6.07) is 0. The van der Waals surface area contributed by atoms with Crippen molar-refractivity contribution in [1.29, 1.82) is 0 Å². The Morgan fingerprint density at radius 1 is 1.39 bits per heavy atom. The van der Waals surface area contributed by atoms with Crippen LogP contribution in [0.15, 0.2) is 11.3 Å². The van der Waals surface area contributed by atoms with E-state index in [1.54, 1.807) is 20.8 Å². The van der Waals surface area contributed by atoms with Gasteiger partial charge in [-0.2, -0.15) is 0 Å². The molecule has 0 aromatic rings. The number of rotatable bonds is 3. The van der Waals surface area contributed by atoms with Crippen LogP contribution in [-0.4, -0.2) is 49.3 Å². The van der Waals surface area contributed by atoms with Gasteiger partial charge in [0.1, 0.15) is 23.3 Å². The molecular weight excluding hydrogens is 454 g/mol. The van der Waals surface area contributed by atoms with Crippen LogP contribution >= 0.6 is 43.6 Å². The van der Waals surface area contributed by atoms with Gasteiger partial charge in [-0.1, -0.05) is 31.9 Å². The van der Waals surface area contributed by atoms with Crippen LogP contribution in [0.1, 0.15) is 27.7 Å². The van der Waals surface area contributed by atoms with E-state index in [0.29, 0.717) is 11.3 Å². The van der Waals surface area contributed by atoms with Crippen LogP contribution in [0.3, 0.4) is 0 Å². The van der Waals surface area contributed by atoms with E-state index in [2.05, 4.69) is 31.9 Å². The van der Waals surface area contributed by atoms with Gasteiger partial charge in [0.15, 0.2) is 3.23 Å². The van der Waals surface area contributed by atoms with Crippen LogP contribution in [0, 0.1) is 0 Å². The van der Waals surface area contributed by atoms with Crippen molar-refractivity contribution < 1.29 is 23.9 Å². The van der Waals surface area contributed by atoms with E-state index in [1.165, 1.54) is 23.6 Å². The second-order valence-corrected chi connectivity index (χ2v) is 10.8. The van der Waals surface area contributed by atoms with Crippen molar-refractivity contribution in [1.82, 2.24) is 4.90 Å². The summed E-state index contributed by atoms with van der Waals surface area (Å²) in [5.74, 6) is -0.849. The number of alkyl halides is 2. The molecule has 23 heavy (non-hydrogen) atoms. The number of carbonyl (C=O) groups excluding carboxylic acids is 3. The zero-order chi connectivity index (χ0) is 17.6. The number of hydrogen-bond acceptors (Lipinski definition) is 6. The van der Waals surface area contributed by atoms with Crippen molar-refractivity contribution in [2.75, 3.05) is 12.4 Å². The lowest BCUT2D eigenvalue weighted by Crippen LogP contribution is -2.68. The standard InChI is InChI=1S/C14H17Br2NO5S/c1-7(18)21-5-8-6-23-12-14(15,16)11(20)17(12)9(8)10(19)22-13(2,3)4/h12H,5-6H2,1-4H3/t12-/m1/s1. The molecule has 6 nitrogen and oxygen atoms in total. The van der Waals surface area contributed by atoms with E-state index in [-0.39, 0.29) is 23.6 Å². The number of halogens is 2. The lowest BCUT2D eigenvalue weighted by atomic mass is 10.1. The predicted octanol–water partition coefficient (Wildman–Crippen LogP) is 2.55. The Hall–Kier alpha value is -0.540. The number of amides is 1. The van der Waals surface area contributed by atoms with Crippen molar-refractivity contribution in [3.05, 3.63) is 11.3 Å². The Bertz CT molecular complexity index is 596. The molecule has 0 radical (unpaired) electrons. The van der Waals surface area contributed by atoms with Gasteiger partial charge in [-0.15, -0.1) is 11.8 Å². The molecule has 2 aliphatic heterocycles. The van der Waals surface area contributed by atoms with Gasteiger partial charge in [0.2, 0.25) is 0 Å². The summed E-state index contributed by atoms with van der Waals surface area (Å²) < 4.78 is 9.54. The van der Waals surface area contributed by atoms with E-state index in [4.69, 9.17) is 9.47 Å². The summed E-state index contributed by atoms with van der Waals surface area (Å²) in [5, 5.41) is -0.265. The van der Waals surface area contributed by atoms with Crippen molar-refractivity contribution in [2.45, 2.75) is 41.9 Å². The molecule has 0 aromatic heterocycles. The first-order chi connectivity index (χ1) is 10.4. The quantitative estimate of drug-likeness (QED) is 0.358. The average molecular weight is 471 g/mol. The molecule has 0 N–H and O–H groups in total. The number of hydrogen-bond donors (Lipinski definition) is 0. The number of carbonyl (C=O) groups is 3. The predicted molar refractivity (Wildman–Crippen MR) is 93.2 cm³/mol. The molecule has 0 unspecified atom stereocenters. The molecule has 1 saturated heterocycles. The third-order valence-corrected chi connectivity index (χ3v) is 6.63. The first-order valence-electron chi connectivity index (χ1n) is 6.87. The number of fused-ring (bicyclic) bond motifs is 1. The molecule has 2 heterocycles. The lowest BCUT2D eigenvalue weighted by molar-refractivity contribution is -0.157. The molecule has 128 valence electrons. The molecule has 0 spiro atoms. The third kappa shape index (κ3) is 3.76. The first-order valence-corrected chi connectivity index (χ1v) is 9.50. The number of thioether (sulfide) groups is 1. The van der Waals surface area contributed by atoms with Crippen molar-refractivity contribution in [3.63, 3.8) is 0 Å². The molecule has 2 aliphatic rings. The van der Waals surface area contributed by atoms with Gasteiger partial charge in [0.25, 0.3) is 5.91 Å². The SMILES string of the molecule is CC(=O)OCC1=C(C(=O)OC(C)(C)C)N2C(=O)C(Br)(Br)[C@H]2SC1. The number of β-lactam (4-membered cyclic amide) rings is 1. The summed E-state index contributed by atoms with van der Waals surface area (Å²) in [5.41, 5.74) is 0.0499. The summed E-state index contributed by atoms with van der Waals surface area (Å²) >= 11 is 8.15. The normalized spacial score (nSPS) is 23.1. The van der Waals surface area contributed by atoms with Gasteiger partial charge in [0.05, 0.1) is 0 Å². The minimum atomic E-state index is -0.884. The van der Waals surface area contributed by atoms with Crippen LogP contribution in [-0.2, 0) is 23.9 Å². The maximum atomic E-state index is 12.6. The van der Waals surface area contributed by atoms with Crippen molar-refractivity contribution in [2.24, 2.45) is 0 Å². The summed E-state index contributed by atoms with van der Waals surface area (Å²) in [6.45, 7) is 6.52. The second-order valence-electron chi connectivity index (χ2n) is 6.20. The van der Waals surface area contributed by atoms with Crippen LogP contribution in [0.25, 0.3) is 0 Å². The molecule has 1 fully saturated rings. The summed E-state index contributed by atoms with van der Waals surface area (Å²) in [4.78, 5) is 37.4. The highest BCUT2D eigenvalue weighted by Gasteiger charge is 2.62. The highest BCUT2D eigenvalue weighted by Crippen LogP contribution is 2.54. The Balaban J connectivity index is 2.35. The second kappa shape index (κ2) is 6.40. The van der Waals surface area contributed by atoms with E-state index < -0.39 is 20.8 Å². The minimum Gasteiger partial charge on any atom is -0.461 e. The Kier molecular flexibility index (Phi) is 5.23.